The predicted molar refractivity (Wildman–Crippen MR) is 110 cm³/mol. The minimum Gasteiger partial charge on any atom is -0.367 e. The van der Waals surface area contributed by atoms with Gasteiger partial charge in [0.15, 0.2) is 0 Å². The van der Waals surface area contributed by atoms with Crippen LogP contribution in [-0.2, 0) is 4.79 Å². The van der Waals surface area contributed by atoms with Gasteiger partial charge in [-0.15, -0.1) is 0 Å². The van der Waals surface area contributed by atoms with Gasteiger partial charge < -0.3 is 10.2 Å². The highest BCUT2D eigenvalue weighted by Gasteiger charge is 2.29. The Bertz CT molecular complexity index is 603. The summed E-state index contributed by atoms with van der Waals surface area (Å²) in [7, 11) is 0. The van der Waals surface area contributed by atoms with Crippen LogP contribution in [0.2, 0.25) is 0 Å². The van der Waals surface area contributed by atoms with Gasteiger partial charge in [0.2, 0.25) is 5.91 Å². The van der Waals surface area contributed by atoms with Crippen LogP contribution in [-0.4, -0.2) is 39.9 Å². The van der Waals surface area contributed by atoms with Crippen molar-refractivity contribution in [2.75, 3.05) is 18.4 Å². The first-order valence-corrected chi connectivity index (χ1v) is 10.9. The summed E-state index contributed by atoms with van der Waals surface area (Å²) < 4.78 is 0. The minimum atomic E-state index is 0.285. The number of nitrogens with one attached hydrogen (secondary N) is 1. The molecule has 0 radical (unpaired) electrons. The zero-order valence-electron chi connectivity index (χ0n) is 17.5. The van der Waals surface area contributed by atoms with Gasteiger partial charge in [-0.3, -0.25) is 4.79 Å². The maximum atomic E-state index is 12.7. The van der Waals surface area contributed by atoms with Gasteiger partial charge in [0.05, 0.1) is 0 Å². The van der Waals surface area contributed by atoms with Crippen LogP contribution >= 0.6 is 0 Å². The number of aromatic nitrogens is 2. The van der Waals surface area contributed by atoms with E-state index < -0.39 is 0 Å². The zero-order chi connectivity index (χ0) is 19.4. The summed E-state index contributed by atoms with van der Waals surface area (Å²) in [6.07, 6.45) is 7.91. The summed E-state index contributed by atoms with van der Waals surface area (Å²) >= 11 is 0. The Morgan fingerprint density at radius 2 is 1.67 bits per heavy atom. The highest BCUT2D eigenvalue weighted by molar-refractivity contribution is 5.79. The van der Waals surface area contributed by atoms with E-state index in [-0.39, 0.29) is 5.92 Å². The van der Waals surface area contributed by atoms with E-state index in [4.69, 9.17) is 9.97 Å². The van der Waals surface area contributed by atoms with Gasteiger partial charge in [0, 0.05) is 42.7 Å². The Morgan fingerprint density at radius 1 is 1.00 bits per heavy atom. The maximum absolute atomic E-state index is 12.7. The average Bonchev–Trinajstić information content (AvgIpc) is 2.68. The molecule has 1 aromatic heterocycles. The van der Waals surface area contributed by atoms with Gasteiger partial charge in [-0.1, -0.05) is 47.0 Å². The maximum Gasteiger partial charge on any atom is 0.225 e. The van der Waals surface area contributed by atoms with E-state index in [2.05, 4.69) is 44.0 Å². The fourth-order valence-corrected chi connectivity index (χ4v) is 4.17. The number of nitrogens with zero attached hydrogens (tertiary/aromatic N) is 3. The highest BCUT2D eigenvalue weighted by atomic mass is 16.2. The summed E-state index contributed by atoms with van der Waals surface area (Å²) in [5.74, 6) is 3.25. The second kappa shape index (κ2) is 9.03. The lowest BCUT2D eigenvalue weighted by Gasteiger charge is -2.35. The van der Waals surface area contributed by atoms with E-state index in [1.54, 1.807) is 0 Å². The molecular weight excluding hydrogens is 336 g/mol. The van der Waals surface area contributed by atoms with E-state index >= 15 is 0 Å². The van der Waals surface area contributed by atoms with Crippen molar-refractivity contribution in [2.24, 2.45) is 5.92 Å². The number of amides is 1. The molecule has 0 unspecified atom stereocenters. The van der Waals surface area contributed by atoms with Crippen molar-refractivity contribution in [3.8, 4) is 0 Å². The number of hydrogen-bond acceptors (Lipinski definition) is 4. The summed E-state index contributed by atoms with van der Waals surface area (Å²) in [6, 6.07) is 2.48. The molecule has 0 spiro atoms. The van der Waals surface area contributed by atoms with Crippen molar-refractivity contribution in [1.29, 1.82) is 0 Å². The van der Waals surface area contributed by atoms with Crippen molar-refractivity contribution >= 4 is 11.7 Å². The lowest BCUT2D eigenvalue weighted by Crippen LogP contribution is -2.45. The number of rotatable bonds is 5. The van der Waals surface area contributed by atoms with Gasteiger partial charge in [0.1, 0.15) is 11.6 Å². The molecule has 0 bridgehead atoms. The van der Waals surface area contributed by atoms with Crippen LogP contribution in [0.5, 0.6) is 0 Å². The van der Waals surface area contributed by atoms with Gasteiger partial charge in [-0.25, -0.2) is 9.97 Å². The first-order valence-electron chi connectivity index (χ1n) is 10.9. The van der Waals surface area contributed by atoms with E-state index in [0.29, 0.717) is 23.8 Å². The normalized spacial score (nSPS) is 19.7. The summed E-state index contributed by atoms with van der Waals surface area (Å²) in [6.45, 7) is 10.4. The Morgan fingerprint density at radius 3 is 2.26 bits per heavy atom. The Kier molecular flexibility index (Phi) is 6.72. The van der Waals surface area contributed by atoms with Crippen LogP contribution in [0.1, 0.15) is 96.0 Å². The third-order valence-electron chi connectivity index (χ3n) is 5.98. The molecule has 5 nitrogen and oxygen atoms in total. The summed E-state index contributed by atoms with van der Waals surface area (Å²) in [5.41, 5.74) is 1.10. The van der Waals surface area contributed by atoms with Crippen molar-refractivity contribution in [2.45, 2.75) is 90.5 Å². The molecule has 0 atom stereocenters. The smallest absolute Gasteiger partial charge is 0.225 e. The lowest BCUT2D eigenvalue weighted by atomic mass is 9.87. The van der Waals surface area contributed by atoms with Crippen LogP contribution in [0.25, 0.3) is 0 Å². The SMILES string of the molecule is CC(C)c1cc(NC2CCN(C(=O)C3CCCCC3)CC2)nc(C(C)C)n1. The molecule has 1 amide bonds. The fourth-order valence-electron chi connectivity index (χ4n) is 4.17. The van der Waals surface area contributed by atoms with E-state index in [1.807, 2.05) is 0 Å². The molecule has 1 N–H and O–H groups in total. The summed E-state index contributed by atoms with van der Waals surface area (Å²) in [4.78, 5) is 24.3. The molecule has 0 aromatic carbocycles. The van der Waals surface area contributed by atoms with Crippen LogP contribution in [0.15, 0.2) is 6.07 Å². The number of carbonyl (C=O) groups excluding carboxylic acids is 1. The fraction of sp³-hybridized carbons (Fsp3) is 0.773. The molecule has 2 aliphatic rings. The number of likely N-dealkylation sites (tertiary alicyclic amines) is 1. The summed E-state index contributed by atoms with van der Waals surface area (Å²) in [5, 5.41) is 3.62. The van der Waals surface area contributed by atoms with Crippen LogP contribution in [0.3, 0.4) is 0 Å². The monoisotopic (exact) mass is 372 g/mol. The predicted octanol–water partition coefficient (Wildman–Crippen LogP) is 4.71. The molecule has 2 fully saturated rings. The standard InChI is InChI=1S/C22H36N4O/c1-15(2)19-14-20(25-21(24-19)16(3)4)23-18-10-12-26(13-11-18)22(27)17-8-6-5-7-9-17/h14-18H,5-13H2,1-4H3,(H,23,24,25). The first kappa shape index (κ1) is 20.1. The second-order valence-corrected chi connectivity index (χ2v) is 8.92. The van der Waals surface area contributed by atoms with Crippen LogP contribution in [0, 0.1) is 5.92 Å². The van der Waals surface area contributed by atoms with E-state index in [0.717, 1.165) is 56.1 Å². The number of hydrogen-bond donors (Lipinski definition) is 1. The zero-order valence-corrected chi connectivity index (χ0v) is 17.5. The molecule has 1 aliphatic carbocycles. The van der Waals surface area contributed by atoms with Gasteiger partial charge in [-0.05, 0) is 31.6 Å². The molecule has 2 heterocycles. The molecule has 1 aliphatic heterocycles. The van der Waals surface area contributed by atoms with Crippen LogP contribution in [0.4, 0.5) is 5.82 Å². The Balaban J connectivity index is 1.58. The third-order valence-corrected chi connectivity index (χ3v) is 5.98. The largest absolute Gasteiger partial charge is 0.367 e. The number of anilines is 1. The van der Waals surface area contributed by atoms with Crippen LogP contribution < -0.4 is 5.32 Å². The minimum absolute atomic E-state index is 0.285. The molecule has 3 rings (SSSR count). The van der Waals surface area contributed by atoms with E-state index in [1.165, 1.54) is 19.3 Å². The topological polar surface area (TPSA) is 58.1 Å². The Hall–Kier alpha value is -1.65. The first-order chi connectivity index (χ1) is 12.9. The van der Waals surface area contributed by atoms with Crippen molar-refractivity contribution in [3.05, 3.63) is 17.6 Å². The Labute approximate surface area is 164 Å². The lowest BCUT2D eigenvalue weighted by molar-refractivity contribution is -0.137. The van der Waals surface area contributed by atoms with Crippen molar-refractivity contribution < 1.29 is 4.79 Å². The molecular formula is C22H36N4O. The molecule has 1 saturated carbocycles. The number of carbonyl (C=O) groups is 1. The molecule has 27 heavy (non-hydrogen) atoms. The highest BCUT2D eigenvalue weighted by Crippen LogP contribution is 2.27. The third kappa shape index (κ3) is 5.20. The van der Waals surface area contributed by atoms with Gasteiger partial charge >= 0.3 is 0 Å². The average molecular weight is 373 g/mol. The van der Waals surface area contributed by atoms with Gasteiger partial charge in [0.25, 0.3) is 0 Å². The number of piperidine rings is 1. The molecule has 1 aromatic rings. The molecule has 150 valence electrons. The molecule has 1 saturated heterocycles. The van der Waals surface area contributed by atoms with Gasteiger partial charge in [-0.2, -0.15) is 0 Å². The van der Waals surface area contributed by atoms with Crippen molar-refractivity contribution in [1.82, 2.24) is 14.9 Å². The quantitative estimate of drug-likeness (QED) is 0.813. The molecule has 5 heteroatoms. The second-order valence-electron chi connectivity index (χ2n) is 8.92. The van der Waals surface area contributed by atoms with E-state index in [9.17, 15) is 4.79 Å². The van der Waals surface area contributed by atoms with Crippen molar-refractivity contribution in [3.63, 3.8) is 0 Å².